The van der Waals surface area contributed by atoms with Crippen LogP contribution in [-0.2, 0) is 17.9 Å². The van der Waals surface area contributed by atoms with Gasteiger partial charge in [0.2, 0.25) is 5.91 Å². The average molecular weight is 354 g/mol. The highest BCUT2D eigenvalue weighted by Gasteiger charge is 2.37. The van der Waals surface area contributed by atoms with E-state index in [2.05, 4.69) is 9.97 Å². The lowest BCUT2D eigenvalue weighted by atomic mass is 9.78. The molecule has 0 saturated carbocycles. The predicted octanol–water partition coefficient (Wildman–Crippen LogP) is 0.482. The average Bonchev–Trinajstić information content (AvgIpc) is 3.14. The molecule has 3 heterocycles. The zero-order valence-electron chi connectivity index (χ0n) is 14.6. The van der Waals surface area contributed by atoms with Crippen LogP contribution >= 0.6 is 0 Å². The van der Waals surface area contributed by atoms with Crippen molar-refractivity contribution in [2.24, 2.45) is 0 Å². The second-order valence-corrected chi connectivity index (χ2v) is 6.50. The van der Waals surface area contributed by atoms with E-state index < -0.39 is 13.1 Å². The molecule has 0 unspecified atom stereocenters. The fourth-order valence-corrected chi connectivity index (χ4v) is 3.30. The molecule has 1 aliphatic rings. The molecule has 3 rings (SSSR count). The van der Waals surface area contributed by atoms with Crippen molar-refractivity contribution in [1.82, 2.24) is 19.8 Å². The van der Waals surface area contributed by atoms with Crippen molar-refractivity contribution < 1.29 is 14.8 Å². The van der Waals surface area contributed by atoms with Crippen LogP contribution in [0.25, 0.3) is 0 Å². The zero-order valence-corrected chi connectivity index (χ0v) is 14.6. The SMILES string of the molecule is O=C(CN(Cc1ccccn1)Cc1ccccn1)N1CCC[C@H]1B(O)O. The minimum atomic E-state index is -1.50. The molecule has 1 atom stereocenters. The Bertz CT molecular complexity index is 661. The second-order valence-electron chi connectivity index (χ2n) is 6.50. The van der Waals surface area contributed by atoms with Crippen LogP contribution in [0.1, 0.15) is 24.2 Å². The molecule has 136 valence electrons. The molecule has 0 aliphatic carbocycles. The van der Waals surface area contributed by atoms with Crippen molar-refractivity contribution in [3.63, 3.8) is 0 Å². The summed E-state index contributed by atoms with van der Waals surface area (Å²) in [5.74, 6) is -0.624. The first-order chi connectivity index (χ1) is 12.6. The molecule has 26 heavy (non-hydrogen) atoms. The Morgan fingerprint density at radius 3 is 2.23 bits per heavy atom. The first-order valence-electron chi connectivity index (χ1n) is 8.81. The number of likely N-dealkylation sites (tertiary alicyclic amines) is 1. The topological polar surface area (TPSA) is 89.8 Å². The van der Waals surface area contributed by atoms with Gasteiger partial charge in [-0.2, -0.15) is 0 Å². The molecule has 1 aliphatic heterocycles. The number of amides is 1. The fraction of sp³-hybridized carbons (Fsp3) is 0.389. The van der Waals surface area contributed by atoms with E-state index in [4.69, 9.17) is 0 Å². The van der Waals surface area contributed by atoms with Crippen LogP contribution in [0, 0.1) is 0 Å². The third-order valence-corrected chi connectivity index (χ3v) is 4.55. The minimum absolute atomic E-state index is 0.104. The van der Waals surface area contributed by atoms with Gasteiger partial charge in [-0.15, -0.1) is 0 Å². The van der Waals surface area contributed by atoms with Crippen LogP contribution in [0.15, 0.2) is 48.8 Å². The summed E-state index contributed by atoms with van der Waals surface area (Å²) in [4.78, 5) is 25.0. The Hall–Kier alpha value is -2.29. The van der Waals surface area contributed by atoms with E-state index in [9.17, 15) is 14.8 Å². The number of hydrogen-bond acceptors (Lipinski definition) is 6. The molecule has 0 aromatic carbocycles. The molecule has 2 aromatic heterocycles. The molecule has 0 spiro atoms. The zero-order chi connectivity index (χ0) is 18.4. The van der Waals surface area contributed by atoms with E-state index in [1.807, 2.05) is 41.3 Å². The largest absolute Gasteiger partial charge is 0.475 e. The van der Waals surface area contributed by atoms with Crippen LogP contribution in [0.3, 0.4) is 0 Å². The molecular formula is C18H23BN4O3. The highest BCUT2D eigenvalue weighted by Crippen LogP contribution is 2.19. The molecule has 0 bridgehead atoms. The molecule has 1 amide bonds. The Morgan fingerprint density at radius 1 is 1.12 bits per heavy atom. The fourth-order valence-electron chi connectivity index (χ4n) is 3.30. The lowest BCUT2D eigenvalue weighted by Crippen LogP contribution is -2.48. The molecular weight excluding hydrogens is 331 g/mol. The molecule has 2 N–H and O–H groups in total. The van der Waals surface area contributed by atoms with Gasteiger partial charge in [0.05, 0.1) is 23.9 Å². The number of carbonyl (C=O) groups is 1. The summed E-state index contributed by atoms with van der Waals surface area (Å²) in [5, 5.41) is 19.0. The van der Waals surface area contributed by atoms with Crippen molar-refractivity contribution in [2.75, 3.05) is 13.1 Å². The number of hydrogen-bond donors (Lipinski definition) is 2. The van der Waals surface area contributed by atoms with Gasteiger partial charge in [0.15, 0.2) is 0 Å². The smallest absolute Gasteiger partial charge is 0.426 e. The molecule has 8 heteroatoms. The number of nitrogens with zero attached hydrogens (tertiary/aromatic N) is 4. The van der Waals surface area contributed by atoms with Gasteiger partial charge in [0.25, 0.3) is 0 Å². The highest BCUT2D eigenvalue weighted by molar-refractivity contribution is 6.43. The maximum absolute atomic E-state index is 12.8. The first-order valence-corrected chi connectivity index (χ1v) is 8.81. The summed E-state index contributed by atoms with van der Waals surface area (Å²) >= 11 is 0. The summed E-state index contributed by atoms with van der Waals surface area (Å²) in [6.45, 7) is 1.77. The number of aromatic nitrogens is 2. The molecule has 7 nitrogen and oxygen atoms in total. The van der Waals surface area contributed by atoms with Gasteiger partial charge in [-0.05, 0) is 37.1 Å². The van der Waals surface area contributed by atoms with Crippen LogP contribution in [0.4, 0.5) is 0 Å². The molecule has 2 aromatic rings. The third-order valence-electron chi connectivity index (χ3n) is 4.55. The number of rotatable bonds is 7. The van der Waals surface area contributed by atoms with Gasteiger partial charge in [0.1, 0.15) is 0 Å². The predicted molar refractivity (Wildman–Crippen MR) is 97.5 cm³/mol. The molecule has 0 radical (unpaired) electrons. The molecule has 1 saturated heterocycles. The van der Waals surface area contributed by atoms with E-state index >= 15 is 0 Å². The first kappa shape index (κ1) is 18.5. The summed E-state index contributed by atoms with van der Waals surface area (Å²) in [7, 11) is -1.50. The Balaban J connectivity index is 1.71. The second kappa shape index (κ2) is 8.89. The quantitative estimate of drug-likeness (QED) is 0.703. The van der Waals surface area contributed by atoms with Gasteiger partial charge in [-0.25, -0.2) is 0 Å². The summed E-state index contributed by atoms with van der Waals surface area (Å²) < 4.78 is 0. The van der Waals surface area contributed by atoms with Gasteiger partial charge >= 0.3 is 7.12 Å². The van der Waals surface area contributed by atoms with Crippen molar-refractivity contribution in [2.45, 2.75) is 31.9 Å². The normalized spacial score (nSPS) is 16.9. The van der Waals surface area contributed by atoms with Crippen molar-refractivity contribution in [1.29, 1.82) is 0 Å². The Kier molecular flexibility index (Phi) is 6.33. The summed E-state index contributed by atoms with van der Waals surface area (Å²) in [6.07, 6.45) is 4.86. The number of pyridine rings is 2. The van der Waals surface area contributed by atoms with Crippen LogP contribution in [0.5, 0.6) is 0 Å². The van der Waals surface area contributed by atoms with E-state index in [1.54, 1.807) is 17.3 Å². The number of carbonyl (C=O) groups excluding carboxylic acids is 1. The van der Waals surface area contributed by atoms with Crippen molar-refractivity contribution >= 4 is 13.0 Å². The standard InChI is InChI=1S/C18H23BN4O3/c24-18(23-11-5-8-17(23)19(25)26)14-22(12-15-6-1-3-9-20-15)13-16-7-2-4-10-21-16/h1-4,6-7,9-10,17,25-26H,5,8,11-14H2/t17-/m0/s1. The van der Waals surface area contributed by atoms with Crippen LogP contribution < -0.4 is 0 Å². The van der Waals surface area contributed by atoms with Gasteiger partial charge in [-0.1, -0.05) is 12.1 Å². The lowest BCUT2D eigenvalue weighted by molar-refractivity contribution is -0.132. The monoisotopic (exact) mass is 354 g/mol. The maximum Gasteiger partial charge on any atom is 0.475 e. The summed E-state index contributed by atoms with van der Waals surface area (Å²) in [5.41, 5.74) is 1.74. The Morgan fingerprint density at radius 2 is 1.73 bits per heavy atom. The van der Waals surface area contributed by atoms with Crippen molar-refractivity contribution in [3.8, 4) is 0 Å². The van der Waals surface area contributed by atoms with E-state index in [-0.39, 0.29) is 12.5 Å². The van der Waals surface area contributed by atoms with Gasteiger partial charge in [0, 0.05) is 32.0 Å². The van der Waals surface area contributed by atoms with Gasteiger partial charge < -0.3 is 14.9 Å². The lowest BCUT2D eigenvalue weighted by Gasteiger charge is -2.28. The van der Waals surface area contributed by atoms with Crippen LogP contribution in [-0.4, -0.2) is 61.9 Å². The van der Waals surface area contributed by atoms with Crippen molar-refractivity contribution in [3.05, 3.63) is 60.2 Å². The minimum Gasteiger partial charge on any atom is -0.426 e. The van der Waals surface area contributed by atoms with Gasteiger partial charge in [-0.3, -0.25) is 19.7 Å². The van der Waals surface area contributed by atoms with Crippen LogP contribution in [0.2, 0.25) is 0 Å². The van der Waals surface area contributed by atoms with E-state index in [1.165, 1.54) is 0 Å². The maximum atomic E-state index is 12.8. The third kappa shape index (κ3) is 4.88. The summed E-state index contributed by atoms with van der Waals surface area (Å²) in [6, 6.07) is 11.4. The van der Waals surface area contributed by atoms with E-state index in [0.717, 1.165) is 17.8 Å². The highest BCUT2D eigenvalue weighted by atomic mass is 16.4. The molecule has 1 fully saturated rings. The van der Waals surface area contributed by atoms with E-state index in [0.29, 0.717) is 26.1 Å². The Labute approximate surface area is 153 Å².